The fourth-order valence-corrected chi connectivity index (χ4v) is 5.45. The second kappa shape index (κ2) is 17.1. The smallest absolute Gasteiger partial charge is 0.186 e. The van der Waals surface area contributed by atoms with Gasteiger partial charge < -0.3 is 13.9 Å². The average Bonchev–Trinajstić information content (AvgIpc) is 2.68. The molecule has 0 saturated carbocycles. The Balaban J connectivity index is 1.74. The highest BCUT2D eigenvalue weighted by Gasteiger charge is 2.20. The Labute approximate surface area is 175 Å². The lowest BCUT2D eigenvalue weighted by molar-refractivity contribution is 0.115. The summed E-state index contributed by atoms with van der Waals surface area (Å²) in [6, 6.07) is 11.3. The van der Waals surface area contributed by atoms with Crippen LogP contribution in [-0.4, -0.2) is 34.7 Å². The minimum atomic E-state index is -1.34. The van der Waals surface area contributed by atoms with Crippen molar-refractivity contribution < 1.29 is 13.9 Å². The number of unbranched alkanes of at least 4 members (excludes halogenated alkanes) is 8. The van der Waals surface area contributed by atoms with Crippen LogP contribution in [0.3, 0.4) is 0 Å². The van der Waals surface area contributed by atoms with E-state index in [-0.39, 0.29) is 0 Å². The van der Waals surface area contributed by atoms with Crippen LogP contribution in [0, 0.1) is 0 Å². The Bertz CT molecular complexity index is 450. The van der Waals surface area contributed by atoms with Gasteiger partial charge in [-0.25, -0.2) is 0 Å². The van der Waals surface area contributed by atoms with E-state index in [0.29, 0.717) is 0 Å². The van der Waals surface area contributed by atoms with Crippen LogP contribution >= 0.6 is 0 Å². The lowest BCUT2D eigenvalue weighted by Gasteiger charge is -2.21. The molecular weight excluding hydrogens is 364 g/mol. The van der Waals surface area contributed by atoms with Crippen molar-refractivity contribution in [2.75, 3.05) is 26.4 Å². The van der Waals surface area contributed by atoms with Gasteiger partial charge >= 0.3 is 0 Å². The molecule has 1 aromatic rings. The van der Waals surface area contributed by atoms with Crippen LogP contribution < -0.4 is 4.74 Å². The molecule has 0 fully saturated rings. The maximum atomic E-state index is 5.89. The molecule has 1 rings (SSSR count). The summed E-state index contributed by atoms with van der Waals surface area (Å²) in [7, 11) is -1.34. The van der Waals surface area contributed by atoms with Gasteiger partial charge in [-0.2, -0.15) is 0 Å². The van der Waals surface area contributed by atoms with Crippen LogP contribution in [-0.2, 0) is 9.16 Å². The van der Waals surface area contributed by atoms with Crippen LogP contribution in [0.15, 0.2) is 30.3 Å². The Hall–Kier alpha value is -0.843. The van der Waals surface area contributed by atoms with E-state index < -0.39 is 8.32 Å². The molecule has 0 spiro atoms. The number of hydrogen-bond acceptors (Lipinski definition) is 3. The summed E-state index contributed by atoms with van der Waals surface area (Å²) in [5.74, 6) is 0.943. The third-order valence-corrected chi connectivity index (χ3v) is 7.68. The summed E-state index contributed by atoms with van der Waals surface area (Å²) < 4.78 is 17.2. The van der Waals surface area contributed by atoms with Gasteiger partial charge in [-0.15, -0.1) is 0 Å². The number of para-hydroxylation sites is 1. The quantitative estimate of drug-likeness (QED) is 0.178. The van der Waals surface area contributed by atoms with E-state index >= 15 is 0 Å². The molecule has 0 heterocycles. The van der Waals surface area contributed by atoms with Gasteiger partial charge in [0.25, 0.3) is 0 Å². The zero-order valence-electron chi connectivity index (χ0n) is 18.7. The van der Waals surface area contributed by atoms with Crippen LogP contribution in [0.25, 0.3) is 0 Å². The number of ether oxygens (including phenoxy) is 2. The normalized spacial score (nSPS) is 11.7. The molecule has 0 unspecified atom stereocenters. The summed E-state index contributed by atoms with van der Waals surface area (Å²) in [6.07, 6.45) is 13.1. The molecule has 162 valence electrons. The highest BCUT2D eigenvalue weighted by molar-refractivity contribution is 6.71. The molecule has 1 aromatic carbocycles. The van der Waals surface area contributed by atoms with Gasteiger partial charge in [0.15, 0.2) is 8.32 Å². The Morgan fingerprint density at radius 1 is 0.679 bits per heavy atom. The van der Waals surface area contributed by atoms with E-state index in [2.05, 4.69) is 20.0 Å². The van der Waals surface area contributed by atoms with E-state index in [1.807, 2.05) is 30.3 Å². The number of hydrogen-bond donors (Lipinski definition) is 0. The fourth-order valence-electron chi connectivity index (χ4n) is 3.42. The Kier molecular flexibility index (Phi) is 15.3. The van der Waals surface area contributed by atoms with Crippen molar-refractivity contribution in [3.05, 3.63) is 30.3 Å². The van der Waals surface area contributed by atoms with E-state index in [0.717, 1.165) is 38.6 Å². The lowest BCUT2D eigenvalue weighted by atomic mass is 10.1. The standard InChI is InChI=1S/C24H44O3Si/c1-4-27-28(2,3)23-16-11-9-7-5-6-8-10-15-20-25-21-17-22-26-24-18-13-12-14-19-24/h12-14,18-19H,4-11,15-17,20-23H2,1-3H3. The van der Waals surface area contributed by atoms with Crippen molar-refractivity contribution in [2.24, 2.45) is 0 Å². The van der Waals surface area contributed by atoms with E-state index in [4.69, 9.17) is 13.9 Å². The number of benzene rings is 1. The van der Waals surface area contributed by atoms with Crippen molar-refractivity contribution >= 4 is 8.32 Å². The SMILES string of the molecule is CCO[Si](C)(C)CCCCCCCCCCCOCCCOc1ccccc1. The zero-order valence-corrected chi connectivity index (χ0v) is 19.7. The van der Waals surface area contributed by atoms with Gasteiger partial charge in [0.2, 0.25) is 0 Å². The van der Waals surface area contributed by atoms with Gasteiger partial charge in [0, 0.05) is 26.2 Å². The summed E-state index contributed by atoms with van der Waals surface area (Å²) >= 11 is 0. The molecule has 0 bridgehead atoms. The minimum Gasteiger partial charge on any atom is -0.494 e. The summed E-state index contributed by atoms with van der Waals surface area (Å²) in [5, 5.41) is 0. The van der Waals surface area contributed by atoms with Gasteiger partial charge in [-0.05, 0) is 44.6 Å². The van der Waals surface area contributed by atoms with E-state index in [1.54, 1.807) is 0 Å². The minimum absolute atomic E-state index is 0.731. The summed E-state index contributed by atoms with van der Waals surface area (Å²) in [5.41, 5.74) is 0. The molecule has 0 amide bonds. The van der Waals surface area contributed by atoms with E-state index in [9.17, 15) is 0 Å². The highest BCUT2D eigenvalue weighted by Crippen LogP contribution is 2.17. The third kappa shape index (κ3) is 15.1. The van der Waals surface area contributed by atoms with Gasteiger partial charge in [0.05, 0.1) is 6.61 Å². The Morgan fingerprint density at radius 2 is 1.25 bits per heavy atom. The first kappa shape index (κ1) is 25.2. The van der Waals surface area contributed by atoms with Gasteiger partial charge in [-0.1, -0.05) is 69.6 Å². The Morgan fingerprint density at radius 3 is 1.89 bits per heavy atom. The monoisotopic (exact) mass is 408 g/mol. The van der Waals surface area contributed by atoms with Crippen molar-refractivity contribution in [1.29, 1.82) is 0 Å². The molecule has 3 nitrogen and oxygen atoms in total. The zero-order chi connectivity index (χ0) is 20.3. The predicted molar refractivity (Wildman–Crippen MR) is 123 cm³/mol. The maximum Gasteiger partial charge on any atom is 0.186 e. The average molecular weight is 409 g/mol. The van der Waals surface area contributed by atoms with Crippen LogP contribution in [0.5, 0.6) is 5.75 Å². The molecule has 0 atom stereocenters. The van der Waals surface area contributed by atoms with Crippen molar-refractivity contribution in [3.8, 4) is 5.75 Å². The molecule has 0 aliphatic carbocycles. The fraction of sp³-hybridized carbons (Fsp3) is 0.750. The predicted octanol–water partition coefficient (Wildman–Crippen LogP) is 7.22. The first-order chi connectivity index (χ1) is 13.6. The highest BCUT2D eigenvalue weighted by atomic mass is 28.4. The van der Waals surface area contributed by atoms with Crippen LogP contribution in [0.4, 0.5) is 0 Å². The maximum absolute atomic E-state index is 5.89. The van der Waals surface area contributed by atoms with Crippen molar-refractivity contribution in [2.45, 2.75) is 90.3 Å². The van der Waals surface area contributed by atoms with Crippen molar-refractivity contribution in [1.82, 2.24) is 0 Å². The molecule has 0 aliphatic heterocycles. The summed E-state index contributed by atoms with van der Waals surface area (Å²) in [4.78, 5) is 0. The van der Waals surface area contributed by atoms with E-state index in [1.165, 1.54) is 63.8 Å². The first-order valence-electron chi connectivity index (χ1n) is 11.5. The number of rotatable bonds is 19. The largest absolute Gasteiger partial charge is 0.494 e. The lowest BCUT2D eigenvalue weighted by Crippen LogP contribution is -2.29. The molecule has 0 aliphatic rings. The van der Waals surface area contributed by atoms with Crippen LogP contribution in [0.1, 0.15) is 71.1 Å². The molecule has 4 heteroatoms. The van der Waals surface area contributed by atoms with Gasteiger partial charge in [0.1, 0.15) is 5.75 Å². The summed E-state index contributed by atoms with van der Waals surface area (Å²) in [6.45, 7) is 10.1. The molecule has 0 aromatic heterocycles. The molecule has 0 radical (unpaired) electrons. The second-order valence-electron chi connectivity index (χ2n) is 8.25. The van der Waals surface area contributed by atoms with Crippen molar-refractivity contribution in [3.63, 3.8) is 0 Å². The van der Waals surface area contributed by atoms with Gasteiger partial charge in [-0.3, -0.25) is 0 Å². The second-order valence-corrected chi connectivity index (χ2v) is 12.6. The van der Waals surface area contributed by atoms with Crippen LogP contribution in [0.2, 0.25) is 19.1 Å². The molecular formula is C24H44O3Si. The molecule has 0 N–H and O–H groups in total. The first-order valence-corrected chi connectivity index (χ1v) is 14.6. The molecule has 28 heavy (non-hydrogen) atoms. The molecule has 0 saturated heterocycles. The third-order valence-electron chi connectivity index (χ3n) is 5.05. The topological polar surface area (TPSA) is 27.7 Å².